The Hall–Kier alpha value is -1.95. The first kappa shape index (κ1) is 13.5. The lowest BCUT2D eigenvalue weighted by Gasteiger charge is -2.07. The van der Waals surface area contributed by atoms with Gasteiger partial charge in [-0.05, 0) is 42.8 Å². The van der Waals surface area contributed by atoms with Crippen molar-refractivity contribution < 1.29 is 12.8 Å². The number of hydrogen-bond donors (Lipinski definition) is 2. The van der Waals surface area contributed by atoms with E-state index in [0.717, 1.165) is 23.3 Å². The molecule has 0 spiro atoms. The van der Waals surface area contributed by atoms with Gasteiger partial charge in [0, 0.05) is 11.4 Å². The molecule has 0 atom stereocenters. The summed E-state index contributed by atoms with van der Waals surface area (Å²) >= 11 is 0. The molecule has 0 aliphatic heterocycles. The van der Waals surface area contributed by atoms with Gasteiger partial charge in [-0.3, -0.25) is 4.72 Å². The van der Waals surface area contributed by atoms with Crippen molar-refractivity contribution in [1.82, 2.24) is 0 Å². The minimum absolute atomic E-state index is 0.544. The van der Waals surface area contributed by atoms with Crippen LogP contribution in [0, 0.1) is 6.92 Å². The minimum Gasteiger partial charge on any atom is -0.467 e. The highest BCUT2D eigenvalue weighted by Crippen LogP contribution is 2.16. The van der Waals surface area contributed by atoms with Crippen LogP contribution >= 0.6 is 0 Å². The van der Waals surface area contributed by atoms with E-state index in [1.807, 2.05) is 25.1 Å². The van der Waals surface area contributed by atoms with Crippen LogP contribution in [0.3, 0.4) is 0 Å². The van der Waals surface area contributed by atoms with E-state index < -0.39 is 10.0 Å². The zero-order valence-corrected chi connectivity index (χ0v) is 11.6. The molecule has 1 aromatic carbocycles. The second-order valence-corrected chi connectivity index (χ2v) is 6.08. The molecule has 0 unspecified atom stereocenters. The predicted octanol–water partition coefficient (Wildman–Crippen LogP) is 2.57. The molecule has 0 fully saturated rings. The monoisotopic (exact) mass is 280 g/mol. The van der Waals surface area contributed by atoms with Gasteiger partial charge >= 0.3 is 0 Å². The maximum Gasteiger partial charge on any atom is 0.229 e. The van der Waals surface area contributed by atoms with Crippen LogP contribution < -0.4 is 10.0 Å². The summed E-state index contributed by atoms with van der Waals surface area (Å²) in [4.78, 5) is 0. The second kappa shape index (κ2) is 5.36. The lowest BCUT2D eigenvalue weighted by molar-refractivity contribution is 0.515. The number of rotatable bonds is 5. The second-order valence-electron chi connectivity index (χ2n) is 4.33. The van der Waals surface area contributed by atoms with Crippen molar-refractivity contribution >= 4 is 21.4 Å². The summed E-state index contributed by atoms with van der Waals surface area (Å²) in [5.41, 5.74) is 2.54. The molecule has 1 aromatic heterocycles. The molecule has 102 valence electrons. The van der Waals surface area contributed by atoms with Gasteiger partial charge in [-0.15, -0.1) is 0 Å². The molecular formula is C13H16N2O3S. The number of hydrogen-bond acceptors (Lipinski definition) is 4. The normalized spacial score (nSPS) is 11.3. The standard InChI is InChI=1S/C13H16N2O3S/c1-10-7-8-18-13(10)9-14-11-3-5-12(6-4-11)15-19(2,16)17/h3-8,14-15H,9H2,1-2H3. The van der Waals surface area contributed by atoms with E-state index >= 15 is 0 Å². The van der Waals surface area contributed by atoms with Crippen LogP contribution in [0.4, 0.5) is 11.4 Å². The molecule has 0 radical (unpaired) electrons. The summed E-state index contributed by atoms with van der Waals surface area (Å²) in [5, 5.41) is 3.21. The molecule has 0 bridgehead atoms. The summed E-state index contributed by atoms with van der Waals surface area (Å²) in [5.74, 6) is 0.887. The Bertz CT molecular complexity index is 645. The van der Waals surface area contributed by atoms with Gasteiger partial charge in [0.2, 0.25) is 10.0 Å². The zero-order valence-electron chi connectivity index (χ0n) is 10.8. The van der Waals surface area contributed by atoms with Gasteiger partial charge in [-0.2, -0.15) is 0 Å². The summed E-state index contributed by atoms with van der Waals surface area (Å²) in [6, 6.07) is 8.95. The summed E-state index contributed by atoms with van der Waals surface area (Å²) < 4.78 is 29.9. The van der Waals surface area contributed by atoms with Crippen LogP contribution in [-0.4, -0.2) is 14.7 Å². The molecule has 2 N–H and O–H groups in total. The number of benzene rings is 1. The molecule has 5 nitrogen and oxygen atoms in total. The summed E-state index contributed by atoms with van der Waals surface area (Å²) in [6.45, 7) is 2.58. The minimum atomic E-state index is -3.23. The molecule has 19 heavy (non-hydrogen) atoms. The first-order chi connectivity index (χ1) is 8.94. The van der Waals surface area contributed by atoms with Crippen LogP contribution in [0.2, 0.25) is 0 Å². The van der Waals surface area contributed by atoms with E-state index in [0.29, 0.717) is 12.2 Å². The maximum atomic E-state index is 11.1. The Labute approximate surface area is 112 Å². The molecule has 6 heteroatoms. The smallest absolute Gasteiger partial charge is 0.229 e. The molecular weight excluding hydrogens is 264 g/mol. The van der Waals surface area contributed by atoms with Crippen molar-refractivity contribution in [2.75, 3.05) is 16.3 Å². The van der Waals surface area contributed by atoms with Crippen LogP contribution in [-0.2, 0) is 16.6 Å². The van der Waals surface area contributed by atoms with E-state index in [4.69, 9.17) is 4.42 Å². The SMILES string of the molecule is Cc1ccoc1CNc1ccc(NS(C)(=O)=O)cc1. The molecule has 0 saturated heterocycles. The van der Waals surface area contributed by atoms with Crippen molar-refractivity contribution in [3.63, 3.8) is 0 Å². The predicted molar refractivity (Wildman–Crippen MR) is 75.7 cm³/mol. The number of nitrogens with one attached hydrogen (secondary N) is 2. The van der Waals surface area contributed by atoms with Crippen LogP contribution in [0.5, 0.6) is 0 Å². The van der Waals surface area contributed by atoms with Crippen LogP contribution in [0.15, 0.2) is 41.0 Å². The molecule has 1 heterocycles. The topological polar surface area (TPSA) is 71.3 Å². The van der Waals surface area contributed by atoms with Gasteiger partial charge in [0.05, 0.1) is 19.1 Å². The Balaban J connectivity index is 1.97. The summed E-state index contributed by atoms with van der Waals surface area (Å²) in [6.07, 6.45) is 2.78. The van der Waals surface area contributed by atoms with Crippen LogP contribution in [0.1, 0.15) is 11.3 Å². The van der Waals surface area contributed by atoms with E-state index in [1.165, 1.54) is 0 Å². The van der Waals surface area contributed by atoms with Gasteiger partial charge in [-0.1, -0.05) is 0 Å². The van der Waals surface area contributed by atoms with Crippen molar-refractivity contribution in [2.45, 2.75) is 13.5 Å². The van der Waals surface area contributed by atoms with Gasteiger partial charge < -0.3 is 9.73 Å². The fraction of sp³-hybridized carbons (Fsp3) is 0.231. The third kappa shape index (κ3) is 4.03. The van der Waals surface area contributed by atoms with E-state index in [1.54, 1.807) is 18.4 Å². The number of aryl methyl sites for hydroxylation is 1. The average molecular weight is 280 g/mol. The Morgan fingerprint density at radius 3 is 2.26 bits per heavy atom. The number of sulfonamides is 1. The van der Waals surface area contributed by atoms with Crippen LogP contribution in [0.25, 0.3) is 0 Å². The Morgan fingerprint density at radius 2 is 1.74 bits per heavy atom. The molecule has 0 aliphatic carbocycles. The van der Waals surface area contributed by atoms with E-state index in [9.17, 15) is 8.42 Å². The lowest BCUT2D eigenvalue weighted by atomic mass is 10.2. The van der Waals surface area contributed by atoms with Gasteiger partial charge in [0.15, 0.2) is 0 Å². The lowest BCUT2D eigenvalue weighted by Crippen LogP contribution is -2.09. The van der Waals surface area contributed by atoms with Crippen molar-refractivity contribution in [2.24, 2.45) is 0 Å². The Kier molecular flexibility index (Phi) is 3.80. The van der Waals surface area contributed by atoms with Crippen molar-refractivity contribution in [3.05, 3.63) is 47.9 Å². The van der Waals surface area contributed by atoms with Crippen molar-refractivity contribution in [3.8, 4) is 0 Å². The molecule has 2 aromatic rings. The van der Waals surface area contributed by atoms with Gasteiger partial charge in [0.25, 0.3) is 0 Å². The third-order valence-electron chi connectivity index (χ3n) is 2.61. The molecule has 0 saturated carbocycles. The average Bonchev–Trinajstić information content (AvgIpc) is 2.72. The zero-order chi connectivity index (χ0) is 13.9. The molecule has 0 amide bonds. The Morgan fingerprint density at radius 1 is 1.11 bits per heavy atom. The highest BCUT2D eigenvalue weighted by atomic mass is 32.2. The van der Waals surface area contributed by atoms with Crippen molar-refractivity contribution in [1.29, 1.82) is 0 Å². The van der Waals surface area contributed by atoms with Gasteiger partial charge in [-0.25, -0.2) is 8.42 Å². The highest BCUT2D eigenvalue weighted by molar-refractivity contribution is 7.92. The fourth-order valence-electron chi connectivity index (χ4n) is 1.64. The van der Waals surface area contributed by atoms with Gasteiger partial charge in [0.1, 0.15) is 5.76 Å². The van der Waals surface area contributed by atoms with E-state index in [2.05, 4.69) is 10.0 Å². The molecule has 2 rings (SSSR count). The summed E-state index contributed by atoms with van der Waals surface area (Å²) in [7, 11) is -3.23. The maximum absolute atomic E-state index is 11.1. The third-order valence-corrected chi connectivity index (χ3v) is 3.22. The number of furan rings is 1. The fourth-order valence-corrected chi connectivity index (χ4v) is 2.20. The molecule has 0 aliphatic rings. The largest absolute Gasteiger partial charge is 0.467 e. The first-order valence-corrected chi connectivity index (χ1v) is 7.68. The quantitative estimate of drug-likeness (QED) is 0.883. The number of anilines is 2. The first-order valence-electron chi connectivity index (χ1n) is 5.79. The van der Waals surface area contributed by atoms with E-state index in [-0.39, 0.29) is 0 Å². The highest BCUT2D eigenvalue weighted by Gasteiger charge is 2.03.